The predicted molar refractivity (Wildman–Crippen MR) is 85.1 cm³/mol. The Hall–Kier alpha value is -1.95. The number of nitrogens with zero attached hydrogens (tertiary/aromatic N) is 5. The minimum Gasteiger partial charge on any atom is -0.298 e. The first-order valence-electron chi connectivity index (χ1n) is 7.94. The van der Waals surface area contributed by atoms with Crippen LogP contribution in [0.3, 0.4) is 0 Å². The molecule has 6 nitrogen and oxygen atoms in total. The van der Waals surface area contributed by atoms with E-state index < -0.39 is 0 Å². The van der Waals surface area contributed by atoms with Gasteiger partial charge in [0, 0.05) is 31.0 Å². The number of rotatable bonds is 5. The summed E-state index contributed by atoms with van der Waals surface area (Å²) in [5, 5.41) is 4.49. The molecule has 0 aromatic carbocycles. The van der Waals surface area contributed by atoms with Gasteiger partial charge in [0.05, 0.1) is 6.54 Å². The molecule has 3 rings (SSSR count). The van der Waals surface area contributed by atoms with Gasteiger partial charge in [0.25, 0.3) is 5.56 Å². The van der Waals surface area contributed by atoms with Crippen molar-refractivity contribution in [2.75, 3.05) is 13.1 Å². The Kier molecular flexibility index (Phi) is 4.38. The molecule has 1 saturated heterocycles. The molecule has 0 amide bonds. The molecule has 6 heteroatoms. The molecular weight excluding hydrogens is 278 g/mol. The van der Waals surface area contributed by atoms with E-state index in [4.69, 9.17) is 0 Å². The van der Waals surface area contributed by atoms with Gasteiger partial charge in [-0.25, -0.2) is 9.67 Å². The Morgan fingerprint density at radius 3 is 2.95 bits per heavy atom. The molecule has 118 valence electrons. The van der Waals surface area contributed by atoms with E-state index in [-0.39, 0.29) is 5.56 Å². The van der Waals surface area contributed by atoms with E-state index in [1.807, 2.05) is 10.8 Å². The van der Waals surface area contributed by atoms with Crippen molar-refractivity contribution in [1.29, 1.82) is 0 Å². The van der Waals surface area contributed by atoms with E-state index in [0.29, 0.717) is 18.5 Å². The highest BCUT2D eigenvalue weighted by atomic mass is 16.1. The molecular formula is C16H23N5O. The lowest BCUT2D eigenvalue weighted by molar-refractivity contribution is 0.202. The molecule has 22 heavy (non-hydrogen) atoms. The third-order valence-electron chi connectivity index (χ3n) is 4.10. The van der Waals surface area contributed by atoms with Crippen LogP contribution in [-0.4, -0.2) is 43.4 Å². The molecule has 0 aliphatic carbocycles. The van der Waals surface area contributed by atoms with E-state index in [0.717, 1.165) is 25.3 Å². The van der Waals surface area contributed by atoms with Crippen LogP contribution < -0.4 is 5.56 Å². The molecule has 1 fully saturated rings. The van der Waals surface area contributed by atoms with Gasteiger partial charge >= 0.3 is 0 Å². The second-order valence-electron chi connectivity index (χ2n) is 6.37. The van der Waals surface area contributed by atoms with Gasteiger partial charge < -0.3 is 0 Å². The van der Waals surface area contributed by atoms with Crippen LogP contribution in [-0.2, 0) is 6.54 Å². The molecule has 1 aliphatic rings. The Morgan fingerprint density at radius 2 is 2.23 bits per heavy atom. The summed E-state index contributed by atoms with van der Waals surface area (Å²) in [6, 6.07) is 3.73. The van der Waals surface area contributed by atoms with Gasteiger partial charge in [-0.2, -0.15) is 5.10 Å². The topological polar surface area (TPSA) is 56.0 Å². The van der Waals surface area contributed by atoms with Crippen molar-refractivity contribution < 1.29 is 0 Å². The van der Waals surface area contributed by atoms with E-state index in [2.05, 4.69) is 28.8 Å². The van der Waals surface area contributed by atoms with Gasteiger partial charge in [-0.15, -0.1) is 0 Å². The lowest BCUT2D eigenvalue weighted by Crippen LogP contribution is -2.38. The fourth-order valence-electron chi connectivity index (χ4n) is 3.11. The molecule has 0 radical (unpaired) electrons. The highest BCUT2D eigenvalue weighted by molar-refractivity contribution is 5.19. The number of aromatic nitrogens is 4. The van der Waals surface area contributed by atoms with Gasteiger partial charge in [-0.1, -0.05) is 13.8 Å². The molecule has 0 N–H and O–H groups in total. The van der Waals surface area contributed by atoms with E-state index >= 15 is 0 Å². The maximum atomic E-state index is 12.1. The van der Waals surface area contributed by atoms with Crippen LogP contribution in [0.25, 0.3) is 5.82 Å². The summed E-state index contributed by atoms with van der Waals surface area (Å²) in [5.74, 6) is 1.37. The van der Waals surface area contributed by atoms with Crippen LogP contribution in [0.4, 0.5) is 0 Å². The summed E-state index contributed by atoms with van der Waals surface area (Å²) in [5.41, 5.74) is -0.0414. The Labute approximate surface area is 130 Å². The normalized spacial score (nSPS) is 19.1. The predicted octanol–water partition coefficient (Wildman–Crippen LogP) is 1.55. The van der Waals surface area contributed by atoms with Crippen LogP contribution in [0.5, 0.6) is 0 Å². The Bertz CT molecular complexity index is 661. The zero-order valence-electron chi connectivity index (χ0n) is 13.2. The van der Waals surface area contributed by atoms with Gasteiger partial charge in [0.1, 0.15) is 6.33 Å². The van der Waals surface area contributed by atoms with Crippen molar-refractivity contribution in [2.24, 2.45) is 5.92 Å². The molecule has 3 heterocycles. The van der Waals surface area contributed by atoms with E-state index in [9.17, 15) is 4.79 Å². The van der Waals surface area contributed by atoms with Crippen molar-refractivity contribution in [3.63, 3.8) is 0 Å². The van der Waals surface area contributed by atoms with Crippen LogP contribution in [0.1, 0.15) is 26.7 Å². The van der Waals surface area contributed by atoms with Crippen LogP contribution in [0.15, 0.2) is 35.6 Å². The lowest BCUT2D eigenvalue weighted by Gasteiger charge is -2.26. The minimum absolute atomic E-state index is 0.0414. The highest BCUT2D eigenvalue weighted by Crippen LogP contribution is 2.19. The summed E-state index contributed by atoms with van der Waals surface area (Å²) in [4.78, 5) is 18.6. The van der Waals surface area contributed by atoms with Crippen molar-refractivity contribution in [1.82, 2.24) is 24.2 Å². The summed E-state index contributed by atoms with van der Waals surface area (Å²) in [6.45, 7) is 7.34. The van der Waals surface area contributed by atoms with Gasteiger partial charge in [-0.3, -0.25) is 14.3 Å². The average Bonchev–Trinajstić information content (AvgIpc) is 3.13. The van der Waals surface area contributed by atoms with E-state index in [1.165, 1.54) is 6.42 Å². The fourth-order valence-corrected chi connectivity index (χ4v) is 3.11. The molecule has 2 aromatic heterocycles. The maximum absolute atomic E-state index is 12.1. The summed E-state index contributed by atoms with van der Waals surface area (Å²) in [6.07, 6.45) is 7.57. The van der Waals surface area contributed by atoms with Gasteiger partial charge in [0.15, 0.2) is 5.82 Å². The number of hydrogen-bond acceptors (Lipinski definition) is 4. The number of hydrogen-bond donors (Lipinski definition) is 0. The molecule has 1 aliphatic heterocycles. The Morgan fingerprint density at radius 1 is 1.36 bits per heavy atom. The quantitative estimate of drug-likeness (QED) is 0.841. The monoisotopic (exact) mass is 301 g/mol. The maximum Gasteiger partial charge on any atom is 0.266 e. The first-order chi connectivity index (χ1) is 10.6. The first-order valence-corrected chi connectivity index (χ1v) is 7.94. The van der Waals surface area contributed by atoms with Gasteiger partial charge in [-0.05, 0) is 31.4 Å². The fraction of sp³-hybridized carbons (Fsp3) is 0.562. The zero-order valence-corrected chi connectivity index (χ0v) is 13.2. The lowest BCUT2D eigenvalue weighted by atomic mass is 10.1. The van der Waals surface area contributed by atoms with Crippen molar-refractivity contribution in [2.45, 2.75) is 39.3 Å². The molecule has 1 atom stereocenters. The Balaban J connectivity index is 1.79. The van der Waals surface area contributed by atoms with Crippen LogP contribution >= 0.6 is 0 Å². The van der Waals surface area contributed by atoms with Crippen molar-refractivity contribution >= 4 is 0 Å². The van der Waals surface area contributed by atoms with Gasteiger partial charge in [0.2, 0.25) is 0 Å². The van der Waals surface area contributed by atoms with Crippen LogP contribution in [0.2, 0.25) is 0 Å². The van der Waals surface area contributed by atoms with Crippen molar-refractivity contribution in [3.05, 3.63) is 41.2 Å². The molecule has 1 unspecified atom stereocenters. The molecule has 2 aromatic rings. The standard InChI is InChI=1S/C16H23N5O/c1-13(2)10-19-8-3-4-14(19)11-21-16(22)6-5-15(18-21)20-9-7-17-12-20/h5-7,9,12-14H,3-4,8,10-11H2,1-2H3. The first kappa shape index (κ1) is 15.0. The molecule has 0 bridgehead atoms. The second-order valence-corrected chi connectivity index (χ2v) is 6.37. The van der Waals surface area contributed by atoms with Crippen LogP contribution in [0, 0.1) is 5.92 Å². The second kappa shape index (κ2) is 6.44. The largest absolute Gasteiger partial charge is 0.298 e. The van der Waals surface area contributed by atoms with Crippen molar-refractivity contribution in [3.8, 4) is 5.82 Å². The minimum atomic E-state index is -0.0414. The third-order valence-corrected chi connectivity index (χ3v) is 4.10. The highest BCUT2D eigenvalue weighted by Gasteiger charge is 2.25. The zero-order chi connectivity index (χ0) is 15.5. The summed E-state index contributed by atoms with van der Waals surface area (Å²) in [7, 11) is 0. The average molecular weight is 301 g/mol. The summed E-state index contributed by atoms with van der Waals surface area (Å²) >= 11 is 0. The number of likely N-dealkylation sites (tertiary alicyclic amines) is 1. The smallest absolute Gasteiger partial charge is 0.266 e. The molecule has 0 spiro atoms. The molecule has 0 saturated carbocycles. The third kappa shape index (κ3) is 3.27. The SMILES string of the molecule is CC(C)CN1CCCC1Cn1nc(-n2ccnc2)ccc1=O. The summed E-state index contributed by atoms with van der Waals surface area (Å²) < 4.78 is 3.41. The van der Waals surface area contributed by atoms with E-state index in [1.54, 1.807) is 29.3 Å². The number of imidazole rings is 1.